The lowest BCUT2D eigenvalue weighted by molar-refractivity contribution is 0.359. The van der Waals surface area contributed by atoms with Gasteiger partial charge in [0.1, 0.15) is 0 Å². The summed E-state index contributed by atoms with van der Waals surface area (Å²) in [5, 5.41) is 1.91. The second kappa shape index (κ2) is 8.08. The van der Waals surface area contributed by atoms with E-state index in [1.165, 1.54) is 0 Å². The summed E-state index contributed by atoms with van der Waals surface area (Å²) in [5.74, 6) is 0.200. The smallest absolute Gasteiger partial charge is 0.313 e. The van der Waals surface area contributed by atoms with Gasteiger partial charge in [0.25, 0.3) is 0 Å². The minimum absolute atomic E-state index is 0. The van der Waals surface area contributed by atoms with Crippen molar-refractivity contribution in [1.29, 1.82) is 0 Å². The van der Waals surface area contributed by atoms with E-state index in [0.717, 1.165) is 0 Å². The number of halogens is 3. The maximum Gasteiger partial charge on any atom is 0.400 e. The van der Waals surface area contributed by atoms with E-state index < -0.39 is 7.75 Å². The van der Waals surface area contributed by atoms with Crippen molar-refractivity contribution in [2.45, 2.75) is 0 Å². The quantitative estimate of drug-likeness (QED) is 0.496. The highest BCUT2D eigenvalue weighted by atomic mass is 35.5. The number of rotatable bonds is 3. The van der Waals surface area contributed by atoms with Gasteiger partial charge in [0.2, 0.25) is 0 Å². The summed E-state index contributed by atoms with van der Waals surface area (Å²) in [5.41, 5.74) is 0. The van der Waals surface area contributed by atoms with Crippen molar-refractivity contribution in [3.8, 4) is 0 Å². The Kier molecular flexibility index (Phi) is 13.9. The molecule has 66 valence electrons. The predicted octanol–water partition coefficient (Wildman–Crippen LogP) is 0.751. The Hall–Kier alpha value is 0.980. The third-order valence-electron chi connectivity index (χ3n) is 0.412. The minimum atomic E-state index is -4.02. The van der Waals surface area contributed by atoms with Crippen LogP contribution in [-0.2, 0) is 4.57 Å². The van der Waals surface area contributed by atoms with E-state index in [9.17, 15) is 4.57 Å². The van der Waals surface area contributed by atoms with E-state index >= 15 is 0 Å². The second-order valence-corrected chi connectivity index (χ2v) is 2.92. The molecule has 0 bridgehead atoms. The van der Waals surface area contributed by atoms with Crippen LogP contribution in [-0.4, -0.2) is 22.2 Å². The van der Waals surface area contributed by atoms with E-state index in [0.29, 0.717) is 0 Å². The largest absolute Gasteiger partial charge is 0.400 e. The molecule has 0 aliphatic heterocycles. The number of nitrogens with one attached hydrogen (secondary N) is 1. The Morgan fingerprint density at radius 3 is 1.90 bits per heavy atom. The number of hydrogen-bond acceptors (Lipinski definition) is 1. The minimum Gasteiger partial charge on any atom is -0.313 e. The Balaban J connectivity index is -0.000000245. The number of alkyl halides is 1. The van der Waals surface area contributed by atoms with Crippen LogP contribution in [0.5, 0.6) is 0 Å². The van der Waals surface area contributed by atoms with Gasteiger partial charge in [-0.1, -0.05) is 0 Å². The van der Waals surface area contributed by atoms with Crippen molar-refractivity contribution in [2.24, 2.45) is 0 Å². The first-order valence-corrected chi connectivity index (χ1v) is 4.07. The Morgan fingerprint density at radius 2 is 1.80 bits per heavy atom. The SMILES string of the molecule is Cl.Cl.O=P(O)(O)NCCCl. The van der Waals surface area contributed by atoms with Gasteiger partial charge in [-0.05, 0) is 0 Å². The monoisotopic (exact) mass is 231 g/mol. The molecule has 0 fully saturated rings. The highest BCUT2D eigenvalue weighted by molar-refractivity contribution is 7.49. The predicted molar refractivity (Wildman–Crippen MR) is 45.3 cm³/mol. The fourth-order valence-electron chi connectivity index (χ4n) is 0.188. The van der Waals surface area contributed by atoms with Crippen molar-refractivity contribution >= 4 is 44.2 Å². The van der Waals surface area contributed by atoms with E-state index in [-0.39, 0.29) is 37.2 Å². The summed E-state index contributed by atoms with van der Waals surface area (Å²) >= 11 is 5.10. The van der Waals surface area contributed by atoms with Gasteiger partial charge in [0, 0.05) is 12.4 Å². The van der Waals surface area contributed by atoms with E-state index in [2.05, 4.69) is 0 Å². The molecule has 0 aromatic carbocycles. The Bertz CT molecular complexity index is 106. The van der Waals surface area contributed by atoms with E-state index in [1.54, 1.807) is 0 Å². The molecule has 0 aromatic heterocycles. The van der Waals surface area contributed by atoms with Crippen LogP contribution < -0.4 is 5.09 Å². The van der Waals surface area contributed by atoms with Gasteiger partial charge < -0.3 is 9.79 Å². The molecule has 3 N–H and O–H groups in total. The molecule has 0 heterocycles. The van der Waals surface area contributed by atoms with Crippen molar-refractivity contribution in [2.75, 3.05) is 12.4 Å². The zero-order valence-corrected chi connectivity index (χ0v) is 8.14. The highest BCUT2D eigenvalue weighted by Gasteiger charge is 2.08. The molecule has 4 nitrogen and oxygen atoms in total. The number of hydrogen-bond donors (Lipinski definition) is 3. The first kappa shape index (κ1) is 17.2. The summed E-state index contributed by atoms with van der Waals surface area (Å²) in [6.07, 6.45) is 0. The standard InChI is InChI=1S/C2H7ClNO3P.2ClH/c3-1-2-4-8(5,6)7;;/h1-2H2,(H3,4,5,6,7);2*1H. The van der Waals surface area contributed by atoms with Crippen molar-refractivity contribution in [3.63, 3.8) is 0 Å². The second-order valence-electron chi connectivity index (χ2n) is 1.14. The highest BCUT2D eigenvalue weighted by Crippen LogP contribution is 2.26. The maximum atomic E-state index is 9.91. The molecule has 0 amide bonds. The third-order valence-corrected chi connectivity index (χ3v) is 1.24. The lowest BCUT2D eigenvalue weighted by Crippen LogP contribution is -2.11. The average Bonchev–Trinajstić information content (AvgIpc) is 1.59. The normalized spacial score (nSPS) is 9.50. The van der Waals surface area contributed by atoms with Crippen LogP contribution >= 0.6 is 44.2 Å². The van der Waals surface area contributed by atoms with Crippen molar-refractivity contribution < 1.29 is 14.4 Å². The van der Waals surface area contributed by atoms with Crippen LogP contribution in [0.1, 0.15) is 0 Å². The zero-order chi connectivity index (χ0) is 6.62. The van der Waals surface area contributed by atoms with Crippen LogP contribution in [0.25, 0.3) is 0 Å². The van der Waals surface area contributed by atoms with Crippen LogP contribution in [0.15, 0.2) is 0 Å². The summed E-state index contributed by atoms with van der Waals surface area (Å²) in [7, 11) is -4.02. The fraction of sp³-hybridized carbons (Fsp3) is 1.00. The molecule has 0 saturated carbocycles. The Morgan fingerprint density at radius 1 is 1.40 bits per heavy atom. The first-order valence-electron chi connectivity index (χ1n) is 1.93. The summed E-state index contributed by atoms with van der Waals surface area (Å²) in [6, 6.07) is 0. The van der Waals surface area contributed by atoms with Gasteiger partial charge >= 0.3 is 7.75 Å². The van der Waals surface area contributed by atoms with Gasteiger partial charge in [0.05, 0.1) is 0 Å². The summed E-state index contributed by atoms with van der Waals surface area (Å²) in [6.45, 7) is 0.131. The molecule has 8 heteroatoms. The molecule has 0 atom stereocenters. The van der Waals surface area contributed by atoms with Crippen LogP contribution in [0.3, 0.4) is 0 Å². The molecule has 0 aromatic rings. The molecule has 0 aliphatic rings. The molecule has 0 radical (unpaired) electrons. The molecule has 0 spiro atoms. The summed E-state index contributed by atoms with van der Waals surface area (Å²) in [4.78, 5) is 16.2. The summed E-state index contributed by atoms with van der Waals surface area (Å²) < 4.78 is 9.91. The van der Waals surface area contributed by atoms with Crippen molar-refractivity contribution in [3.05, 3.63) is 0 Å². The molecule has 10 heavy (non-hydrogen) atoms. The van der Waals surface area contributed by atoms with Gasteiger partial charge in [-0.25, -0.2) is 9.65 Å². The topological polar surface area (TPSA) is 69.6 Å². The van der Waals surface area contributed by atoms with Crippen LogP contribution in [0.4, 0.5) is 0 Å². The van der Waals surface area contributed by atoms with E-state index in [4.69, 9.17) is 21.4 Å². The lowest BCUT2D eigenvalue weighted by atomic mass is 10.8. The fourth-order valence-corrected chi connectivity index (χ4v) is 0.817. The van der Waals surface area contributed by atoms with Crippen LogP contribution in [0, 0.1) is 0 Å². The zero-order valence-electron chi connectivity index (χ0n) is 4.86. The van der Waals surface area contributed by atoms with Gasteiger partial charge in [-0.2, -0.15) is 0 Å². The van der Waals surface area contributed by atoms with Crippen LogP contribution in [0.2, 0.25) is 0 Å². The molecule has 0 aliphatic carbocycles. The van der Waals surface area contributed by atoms with E-state index in [1.807, 2.05) is 5.09 Å². The van der Waals surface area contributed by atoms with Gasteiger partial charge in [0.15, 0.2) is 0 Å². The lowest BCUT2D eigenvalue weighted by Gasteiger charge is -2.01. The molecular formula is C2H9Cl3NO3P. The average molecular weight is 232 g/mol. The molecule has 0 rings (SSSR count). The molecule has 0 saturated heterocycles. The van der Waals surface area contributed by atoms with Gasteiger partial charge in [-0.3, -0.25) is 0 Å². The third kappa shape index (κ3) is 16.0. The van der Waals surface area contributed by atoms with Gasteiger partial charge in [-0.15, -0.1) is 36.4 Å². The Labute approximate surface area is 76.4 Å². The molecule has 0 unspecified atom stereocenters. The molecular weight excluding hydrogens is 223 g/mol. The first-order chi connectivity index (χ1) is 3.56. The maximum absolute atomic E-state index is 9.91. The van der Waals surface area contributed by atoms with Crippen molar-refractivity contribution in [1.82, 2.24) is 5.09 Å².